The SMILES string of the molecule is CON=C1CN(C(=O)c2ccc(-c3ccccc3C)cc2)C(CCO)(C(N)=O)C1. The Hall–Kier alpha value is -3.19. The zero-order valence-electron chi connectivity index (χ0n) is 16.6. The standard InChI is InChI=1S/C22H25N3O4/c1-15-5-3-4-6-19(15)16-7-9-17(10-8-16)20(27)25-14-18(24-29-2)13-22(25,11-12-26)21(23)28/h3-10,26H,11-14H2,1-2H3,(H2,23,28). The van der Waals surface area contributed by atoms with Gasteiger partial charge in [0, 0.05) is 25.0 Å². The molecule has 3 rings (SSSR count). The van der Waals surface area contributed by atoms with Crippen LogP contribution in [-0.2, 0) is 9.63 Å². The number of nitrogens with zero attached hydrogens (tertiary/aromatic N) is 2. The average molecular weight is 395 g/mol. The minimum absolute atomic E-state index is 0.0398. The fourth-order valence-corrected chi connectivity index (χ4v) is 3.88. The highest BCUT2D eigenvalue weighted by Crippen LogP contribution is 2.33. The van der Waals surface area contributed by atoms with Crippen molar-refractivity contribution in [3.63, 3.8) is 0 Å². The van der Waals surface area contributed by atoms with Crippen molar-refractivity contribution in [3.05, 3.63) is 59.7 Å². The van der Waals surface area contributed by atoms with Gasteiger partial charge in [-0.15, -0.1) is 0 Å². The lowest BCUT2D eigenvalue weighted by Crippen LogP contribution is -2.56. The van der Waals surface area contributed by atoms with Gasteiger partial charge in [0.1, 0.15) is 12.6 Å². The van der Waals surface area contributed by atoms with Crippen LogP contribution in [0.5, 0.6) is 0 Å². The number of nitrogens with two attached hydrogens (primary N) is 1. The molecule has 0 spiro atoms. The van der Waals surface area contributed by atoms with Crippen molar-refractivity contribution in [2.45, 2.75) is 25.3 Å². The monoisotopic (exact) mass is 395 g/mol. The molecule has 2 aromatic carbocycles. The van der Waals surface area contributed by atoms with E-state index in [0.717, 1.165) is 16.7 Å². The number of rotatable bonds is 6. The van der Waals surface area contributed by atoms with Crippen LogP contribution in [0.25, 0.3) is 11.1 Å². The maximum Gasteiger partial charge on any atom is 0.255 e. The number of aliphatic hydroxyl groups is 1. The molecular weight excluding hydrogens is 370 g/mol. The highest BCUT2D eigenvalue weighted by atomic mass is 16.6. The van der Waals surface area contributed by atoms with Gasteiger partial charge in [-0.2, -0.15) is 0 Å². The smallest absolute Gasteiger partial charge is 0.255 e. The summed E-state index contributed by atoms with van der Waals surface area (Å²) in [5, 5.41) is 13.4. The number of carbonyl (C=O) groups excluding carboxylic acids is 2. The van der Waals surface area contributed by atoms with Gasteiger partial charge in [-0.25, -0.2) is 0 Å². The molecule has 29 heavy (non-hydrogen) atoms. The second kappa shape index (κ2) is 8.45. The van der Waals surface area contributed by atoms with Crippen LogP contribution in [0.2, 0.25) is 0 Å². The van der Waals surface area contributed by atoms with Gasteiger partial charge in [0.25, 0.3) is 5.91 Å². The fourth-order valence-electron chi connectivity index (χ4n) is 3.88. The number of hydrogen-bond donors (Lipinski definition) is 2. The predicted molar refractivity (Wildman–Crippen MR) is 110 cm³/mol. The first-order valence-corrected chi connectivity index (χ1v) is 9.40. The molecule has 0 bridgehead atoms. The topological polar surface area (TPSA) is 105 Å². The van der Waals surface area contributed by atoms with Crippen LogP contribution in [0.1, 0.15) is 28.8 Å². The van der Waals surface area contributed by atoms with Gasteiger partial charge in [-0.3, -0.25) is 9.59 Å². The number of benzene rings is 2. The van der Waals surface area contributed by atoms with E-state index in [4.69, 9.17) is 10.6 Å². The summed E-state index contributed by atoms with van der Waals surface area (Å²) in [6, 6.07) is 15.2. The first-order chi connectivity index (χ1) is 13.9. The summed E-state index contributed by atoms with van der Waals surface area (Å²) >= 11 is 0. The maximum atomic E-state index is 13.2. The third-order valence-corrected chi connectivity index (χ3v) is 5.39. The molecule has 0 saturated carbocycles. The van der Waals surface area contributed by atoms with E-state index in [2.05, 4.69) is 5.16 Å². The third kappa shape index (κ3) is 3.86. The summed E-state index contributed by atoms with van der Waals surface area (Å²) in [4.78, 5) is 31.8. The number of amides is 2. The Morgan fingerprint density at radius 3 is 2.48 bits per heavy atom. The Morgan fingerprint density at radius 1 is 1.21 bits per heavy atom. The molecule has 7 heteroatoms. The zero-order valence-corrected chi connectivity index (χ0v) is 16.6. The van der Waals surface area contributed by atoms with Crippen LogP contribution in [-0.4, -0.2) is 53.3 Å². The van der Waals surface area contributed by atoms with Gasteiger partial charge >= 0.3 is 0 Å². The van der Waals surface area contributed by atoms with Crippen molar-refractivity contribution in [1.82, 2.24) is 4.90 Å². The minimum Gasteiger partial charge on any atom is -0.399 e. The summed E-state index contributed by atoms with van der Waals surface area (Å²) in [5.74, 6) is -1.01. The Morgan fingerprint density at radius 2 is 1.90 bits per heavy atom. The lowest BCUT2D eigenvalue weighted by molar-refractivity contribution is -0.128. The number of primary amides is 1. The van der Waals surface area contributed by atoms with Crippen molar-refractivity contribution in [1.29, 1.82) is 0 Å². The molecule has 1 saturated heterocycles. The van der Waals surface area contributed by atoms with E-state index in [1.807, 2.05) is 43.3 Å². The van der Waals surface area contributed by atoms with Gasteiger partial charge in [0.15, 0.2) is 0 Å². The molecule has 1 unspecified atom stereocenters. The average Bonchev–Trinajstić information content (AvgIpc) is 3.08. The van der Waals surface area contributed by atoms with E-state index in [-0.39, 0.29) is 31.9 Å². The zero-order chi connectivity index (χ0) is 21.0. The Balaban J connectivity index is 1.94. The van der Waals surface area contributed by atoms with Gasteiger partial charge in [-0.1, -0.05) is 41.6 Å². The second-order valence-electron chi connectivity index (χ2n) is 7.17. The van der Waals surface area contributed by atoms with Crippen molar-refractivity contribution in [2.24, 2.45) is 10.9 Å². The number of carbonyl (C=O) groups is 2. The Labute approximate surface area is 169 Å². The highest BCUT2D eigenvalue weighted by molar-refractivity contribution is 6.07. The van der Waals surface area contributed by atoms with E-state index >= 15 is 0 Å². The van der Waals surface area contributed by atoms with E-state index in [1.165, 1.54) is 12.0 Å². The molecule has 2 aromatic rings. The molecule has 1 fully saturated rings. The van der Waals surface area contributed by atoms with Crippen LogP contribution in [0.15, 0.2) is 53.7 Å². The summed E-state index contributed by atoms with van der Waals surface area (Å²) in [5.41, 5.74) is 8.54. The van der Waals surface area contributed by atoms with Crippen LogP contribution < -0.4 is 5.73 Å². The molecule has 1 aliphatic rings. The van der Waals surface area contributed by atoms with Gasteiger partial charge < -0.3 is 20.6 Å². The van der Waals surface area contributed by atoms with E-state index in [9.17, 15) is 14.7 Å². The summed E-state index contributed by atoms with van der Waals surface area (Å²) in [6.07, 6.45) is 0.182. The largest absolute Gasteiger partial charge is 0.399 e. The van der Waals surface area contributed by atoms with Gasteiger partial charge in [0.2, 0.25) is 5.91 Å². The second-order valence-corrected chi connectivity index (χ2v) is 7.17. The number of aryl methyl sites for hydroxylation is 1. The lowest BCUT2D eigenvalue weighted by Gasteiger charge is -2.34. The molecule has 3 N–H and O–H groups in total. The normalized spacial score (nSPS) is 20.1. The molecule has 1 atom stereocenters. The Bertz CT molecular complexity index is 939. The van der Waals surface area contributed by atoms with Crippen LogP contribution in [0.3, 0.4) is 0 Å². The van der Waals surface area contributed by atoms with Crippen LogP contribution in [0.4, 0.5) is 0 Å². The molecule has 152 valence electrons. The van der Waals surface area contributed by atoms with Crippen molar-refractivity contribution < 1.29 is 19.5 Å². The summed E-state index contributed by atoms with van der Waals surface area (Å²) in [6.45, 7) is 1.87. The van der Waals surface area contributed by atoms with Crippen molar-refractivity contribution in [3.8, 4) is 11.1 Å². The molecule has 0 aromatic heterocycles. The van der Waals surface area contributed by atoms with Crippen molar-refractivity contribution >= 4 is 17.5 Å². The number of hydrogen-bond acceptors (Lipinski definition) is 5. The van der Waals surface area contributed by atoms with E-state index in [1.54, 1.807) is 12.1 Å². The molecule has 0 radical (unpaired) electrons. The molecule has 7 nitrogen and oxygen atoms in total. The Kier molecular flexibility index (Phi) is 5.98. The fraction of sp³-hybridized carbons (Fsp3) is 0.318. The molecule has 1 aliphatic heterocycles. The van der Waals surface area contributed by atoms with Crippen molar-refractivity contribution in [2.75, 3.05) is 20.3 Å². The van der Waals surface area contributed by atoms with E-state index < -0.39 is 11.4 Å². The number of oxime groups is 1. The molecule has 0 aliphatic carbocycles. The van der Waals surface area contributed by atoms with Crippen LogP contribution in [0, 0.1) is 6.92 Å². The molecule has 1 heterocycles. The predicted octanol–water partition coefficient (Wildman–Crippen LogP) is 2.12. The molecule has 2 amide bonds. The lowest BCUT2D eigenvalue weighted by atomic mass is 9.90. The molecular formula is C22H25N3O4. The summed E-state index contributed by atoms with van der Waals surface area (Å²) < 4.78 is 0. The van der Waals surface area contributed by atoms with E-state index in [0.29, 0.717) is 11.3 Å². The van der Waals surface area contributed by atoms with Crippen LogP contribution >= 0.6 is 0 Å². The minimum atomic E-state index is -1.32. The first-order valence-electron chi connectivity index (χ1n) is 9.40. The summed E-state index contributed by atoms with van der Waals surface area (Å²) in [7, 11) is 1.40. The maximum absolute atomic E-state index is 13.2. The first kappa shape index (κ1) is 20.5. The highest BCUT2D eigenvalue weighted by Gasteiger charge is 2.51. The number of likely N-dealkylation sites (tertiary alicyclic amines) is 1. The van der Waals surface area contributed by atoms with Gasteiger partial charge in [0.05, 0.1) is 12.3 Å². The quantitative estimate of drug-likeness (QED) is 0.731. The number of aliphatic hydroxyl groups excluding tert-OH is 1. The third-order valence-electron chi connectivity index (χ3n) is 5.39. The van der Waals surface area contributed by atoms with Gasteiger partial charge in [-0.05, 0) is 35.7 Å².